The first kappa shape index (κ1) is 15.2. The number of hydrogen-bond acceptors (Lipinski definition) is 2. The highest BCUT2D eigenvalue weighted by Gasteiger charge is 2.28. The molecule has 0 bridgehead atoms. The number of nitrogens with zero attached hydrogens (tertiary/aromatic N) is 2. The third-order valence-electron chi connectivity index (χ3n) is 4.09. The summed E-state index contributed by atoms with van der Waals surface area (Å²) >= 11 is 0. The summed E-state index contributed by atoms with van der Waals surface area (Å²) < 4.78 is 0. The molecule has 2 aromatic carbocycles. The van der Waals surface area contributed by atoms with Crippen molar-refractivity contribution in [1.82, 2.24) is 0 Å². The van der Waals surface area contributed by atoms with E-state index < -0.39 is 0 Å². The first-order valence-electron chi connectivity index (χ1n) is 7.72. The zero-order valence-corrected chi connectivity index (χ0v) is 13.9. The van der Waals surface area contributed by atoms with Crippen molar-refractivity contribution in [2.24, 2.45) is 5.10 Å². The summed E-state index contributed by atoms with van der Waals surface area (Å²) in [6.07, 6.45) is 1.97. The van der Waals surface area contributed by atoms with Gasteiger partial charge < -0.3 is 0 Å². The summed E-state index contributed by atoms with van der Waals surface area (Å²) in [7, 11) is 0. The van der Waals surface area contributed by atoms with E-state index in [4.69, 9.17) is 0 Å². The van der Waals surface area contributed by atoms with Crippen LogP contribution in [0.5, 0.6) is 0 Å². The van der Waals surface area contributed by atoms with Gasteiger partial charge in [0.1, 0.15) is 0 Å². The van der Waals surface area contributed by atoms with Crippen molar-refractivity contribution in [3.8, 4) is 0 Å². The second kappa shape index (κ2) is 5.84. The average Bonchev–Trinajstić information content (AvgIpc) is 2.79. The molecule has 3 heteroatoms. The van der Waals surface area contributed by atoms with Gasteiger partial charge in [-0.3, -0.25) is 4.79 Å². The van der Waals surface area contributed by atoms with E-state index in [9.17, 15) is 4.79 Å². The lowest BCUT2D eigenvalue weighted by atomic mass is 9.97. The van der Waals surface area contributed by atoms with Gasteiger partial charge in [-0.2, -0.15) is 10.1 Å². The predicted octanol–water partition coefficient (Wildman–Crippen LogP) is 4.42. The molecule has 116 valence electrons. The number of carbonyl (C=O) groups excluding carboxylic acids is 1. The molecule has 0 saturated heterocycles. The summed E-state index contributed by atoms with van der Waals surface area (Å²) in [5.74, 6) is -0.0759. The number of aryl methyl sites for hydroxylation is 3. The number of rotatable bonds is 2. The SMILES string of the molecule is CC1=NN(c2ccccc2)C(=O)/C1=C\c1c(C)cc(C)cc1C. The number of amides is 1. The maximum Gasteiger partial charge on any atom is 0.280 e. The quantitative estimate of drug-likeness (QED) is 0.756. The summed E-state index contributed by atoms with van der Waals surface area (Å²) in [6.45, 7) is 8.12. The number of anilines is 1. The fourth-order valence-electron chi connectivity index (χ4n) is 2.99. The summed E-state index contributed by atoms with van der Waals surface area (Å²) in [5, 5.41) is 5.90. The molecule has 0 saturated carbocycles. The van der Waals surface area contributed by atoms with E-state index >= 15 is 0 Å². The van der Waals surface area contributed by atoms with Crippen LogP contribution in [-0.2, 0) is 4.79 Å². The molecule has 0 fully saturated rings. The van der Waals surface area contributed by atoms with Crippen molar-refractivity contribution in [3.63, 3.8) is 0 Å². The number of hydrazone groups is 1. The van der Waals surface area contributed by atoms with Crippen LogP contribution in [0.4, 0.5) is 5.69 Å². The molecular weight excluding hydrogens is 284 g/mol. The molecule has 1 aliphatic heterocycles. The van der Waals surface area contributed by atoms with Gasteiger partial charge >= 0.3 is 0 Å². The Bertz CT molecular complexity index is 809. The van der Waals surface area contributed by atoms with E-state index in [0.29, 0.717) is 5.57 Å². The van der Waals surface area contributed by atoms with Crippen LogP contribution in [0.15, 0.2) is 53.1 Å². The zero-order valence-electron chi connectivity index (χ0n) is 13.9. The minimum Gasteiger partial charge on any atom is -0.267 e. The van der Waals surface area contributed by atoms with Crippen LogP contribution >= 0.6 is 0 Å². The van der Waals surface area contributed by atoms with E-state index in [0.717, 1.165) is 17.0 Å². The van der Waals surface area contributed by atoms with Gasteiger partial charge in [-0.05, 0) is 62.6 Å². The molecule has 23 heavy (non-hydrogen) atoms. The Morgan fingerprint density at radius 1 is 0.957 bits per heavy atom. The third-order valence-corrected chi connectivity index (χ3v) is 4.09. The Morgan fingerprint density at radius 3 is 2.17 bits per heavy atom. The van der Waals surface area contributed by atoms with Crippen LogP contribution in [0.2, 0.25) is 0 Å². The predicted molar refractivity (Wildman–Crippen MR) is 95.7 cm³/mol. The minimum absolute atomic E-state index is 0.0759. The largest absolute Gasteiger partial charge is 0.280 e. The van der Waals surface area contributed by atoms with Gasteiger partial charge in [0.2, 0.25) is 0 Å². The lowest BCUT2D eigenvalue weighted by Gasteiger charge is -2.12. The van der Waals surface area contributed by atoms with Crippen molar-refractivity contribution in [3.05, 3.63) is 70.3 Å². The van der Waals surface area contributed by atoms with Crippen LogP contribution in [0.1, 0.15) is 29.2 Å². The molecule has 3 nitrogen and oxygen atoms in total. The molecular formula is C20H20N2O. The van der Waals surface area contributed by atoms with E-state index in [1.165, 1.54) is 21.7 Å². The average molecular weight is 304 g/mol. The van der Waals surface area contributed by atoms with E-state index in [1.54, 1.807) is 0 Å². The molecule has 0 N–H and O–H groups in total. The van der Waals surface area contributed by atoms with Crippen LogP contribution in [-0.4, -0.2) is 11.6 Å². The molecule has 1 amide bonds. The van der Waals surface area contributed by atoms with Crippen LogP contribution < -0.4 is 5.01 Å². The lowest BCUT2D eigenvalue weighted by Crippen LogP contribution is -2.21. The summed E-state index contributed by atoms with van der Waals surface area (Å²) in [5.41, 5.74) is 6.88. The minimum atomic E-state index is -0.0759. The fourth-order valence-corrected chi connectivity index (χ4v) is 2.99. The van der Waals surface area contributed by atoms with Crippen molar-refractivity contribution in [1.29, 1.82) is 0 Å². The zero-order chi connectivity index (χ0) is 16.6. The Balaban J connectivity index is 2.02. The van der Waals surface area contributed by atoms with Crippen LogP contribution in [0.3, 0.4) is 0 Å². The second-order valence-electron chi connectivity index (χ2n) is 6.01. The van der Waals surface area contributed by atoms with E-state index in [1.807, 2.05) is 43.3 Å². The molecule has 3 rings (SSSR count). The molecule has 0 unspecified atom stereocenters. The van der Waals surface area contributed by atoms with Crippen molar-refractivity contribution in [2.75, 3.05) is 5.01 Å². The maximum absolute atomic E-state index is 12.8. The van der Waals surface area contributed by atoms with Crippen LogP contribution in [0.25, 0.3) is 6.08 Å². The summed E-state index contributed by atoms with van der Waals surface area (Å²) in [4.78, 5) is 12.8. The highest BCUT2D eigenvalue weighted by atomic mass is 16.2. The first-order valence-corrected chi connectivity index (χ1v) is 7.72. The molecule has 0 spiro atoms. The Morgan fingerprint density at radius 2 is 1.57 bits per heavy atom. The number of hydrogen-bond donors (Lipinski definition) is 0. The maximum atomic E-state index is 12.8. The molecule has 0 aromatic heterocycles. The molecule has 0 radical (unpaired) electrons. The normalized spacial score (nSPS) is 16.2. The van der Waals surface area contributed by atoms with Gasteiger partial charge in [0, 0.05) is 0 Å². The lowest BCUT2D eigenvalue weighted by molar-refractivity contribution is -0.114. The molecule has 0 atom stereocenters. The third kappa shape index (κ3) is 2.82. The monoisotopic (exact) mass is 304 g/mol. The Kier molecular flexibility index (Phi) is 3.87. The molecule has 1 heterocycles. The standard InChI is InChI=1S/C20H20N2O/c1-13-10-14(2)18(15(3)11-13)12-19-16(4)21-22(20(19)23)17-8-6-5-7-9-17/h5-12H,1-4H3/b19-12-. The smallest absolute Gasteiger partial charge is 0.267 e. The van der Waals surface area contributed by atoms with Gasteiger partial charge in [0.25, 0.3) is 5.91 Å². The highest BCUT2D eigenvalue weighted by molar-refractivity contribution is 6.32. The molecule has 2 aromatic rings. The number of benzene rings is 2. The second-order valence-corrected chi connectivity index (χ2v) is 6.01. The highest BCUT2D eigenvalue weighted by Crippen LogP contribution is 2.26. The van der Waals surface area contributed by atoms with Gasteiger partial charge in [0.05, 0.1) is 17.0 Å². The van der Waals surface area contributed by atoms with Crippen molar-refractivity contribution >= 4 is 23.4 Å². The van der Waals surface area contributed by atoms with Gasteiger partial charge in [-0.1, -0.05) is 35.9 Å². The topological polar surface area (TPSA) is 32.7 Å². The van der Waals surface area contributed by atoms with Crippen molar-refractivity contribution < 1.29 is 4.79 Å². The van der Waals surface area contributed by atoms with Crippen molar-refractivity contribution in [2.45, 2.75) is 27.7 Å². The van der Waals surface area contributed by atoms with Crippen LogP contribution in [0, 0.1) is 20.8 Å². The van der Waals surface area contributed by atoms with E-state index in [2.05, 4.69) is 38.0 Å². The van der Waals surface area contributed by atoms with Gasteiger partial charge in [-0.25, -0.2) is 0 Å². The Labute approximate surface area is 136 Å². The fraction of sp³-hybridized carbons (Fsp3) is 0.200. The summed E-state index contributed by atoms with van der Waals surface area (Å²) in [6, 6.07) is 13.8. The van der Waals surface area contributed by atoms with E-state index in [-0.39, 0.29) is 5.91 Å². The first-order chi connectivity index (χ1) is 11.0. The molecule has 0 aliphatic carbocycles. The van der Waals surface area contributed by atoms with Gasteiger partial charge in [0.15, 0.2) is 0 Å². The number of para-hydroxylation sites is 1. The number of carbonyl (C=O) groups is 1. The molecule has 1 aliphatic rings. The van der Waals surface area contributed by atoms with Gasteiger partial charge in [-0.15, -0.1) is 0 Å². The Hall–Kier alpha value is -2.68.